The first-order valence-electron chi connectivity index (χ1n) is 5.50. The van der Waals surface area contributed by atoms with E-state index in [2.05, 4.69) is 36.8 Å². The highest BCUT2D eigenvalue weighted by Crippen LogP contribution is 2.35. The van der Waals surface area contributed by atoms with Gasteiger partial charge in [-0.15, -0.1) is 0 Å². The molecule has 4 nitrogen and oxygen atoms in total. The molecule has 0 fully saturated rings. The fourth-order valence-corrected chi connectivity index (χ4v) is 2.57. The number of benzene rings is 1. The lowest BCUT2D eigenvalue weighted by Gasteiger charge is -2.11. The summed E-state index contributed by atoms with van der Waals surface area (Å²) in [5, 5.41) is 0. The molecule has 0 amide bonds. The molecule has 2 N–H and O–H groups in total. The van der Waals surface area contributed by atoms with Crippen molar-refractivity contribution < 1.29 is 9.47 Å². The summed E-state index contributed by atoms with van der Waals surface area (Å²) in [6, 6.07) is 7.42. The first kappa shape index (κ1) is 14.3. The lowest BCUT2D eigenvalue weighted by Crippen LogP contribution is -1.98. The number of rotatable bonds is 4. The minimum atomic E-state index is 0.455. The highest BCUT2D eigenvalue weighted by Gasteiger charge is 2.10. The van der Waals surface area contributed by atoms with E-state index in [0.29, 0.717) is 23.9 Å². The Morgan fingerprint density at radius 3 is 2.63 bits per heavy atom. The molecule has 2 rings (SSSR count). The fraction of sp³-hybridized carbons (Fsp3) is 0.154. The van der Waals surface area contributed by atoms with Crippen LogP contribution in [0.5, 0.6) is 17.4 Å². The quantitative estimate of drug-likeness (QED) is 0.865. The van der Waals surface area contributed by atoms with Crippen LogP contribution in [0.2, 0.25) is 0 Å². The van der Waals surface area contributed by atoms with Gasteiger partial charge in [-0.1, -0.05) is 6.07 Å². The van der Waals surface area contributed by atoms with E-state index in [0.717, 1.165) is 14.5 Å². The summed E-state index contributed by atoms with van der Waals surface area (Å²) in [5.41, 5.74) is 6.57. The van der Waals surface area contributed by atoms with Gasteiger partial charge in [0.2, 0.25) is 5.88 Å². The fourth-order valence-electron chi connectivity index (χ4n) is 1.50. The van der Waals surface area contributed by atoms with Crippen molar-refractivity contribution in [3.63, 3.8) is 0 Å². The molecule has 0 bridgehead atoms. The second-order valence-corrected chi connectivity index (χ2v) is 5.50. The van der Waals surface area contributed by atoms with Gasteiger partial charge in [0.05, 0.1) is 11.6 Å². The van der Waals surface area contributed by atoms with Crippen molar-refractivity contribution in [2.75, 3.05) is 7.11 Å². The number of halogens is 2. The van der Waals surface area contributed by atoms with Gasteiger partial charge >= 0.3 is 0 Å². The Morgan fingerprint density at radius 2 is 2.00 bits per heavy atom. The summed E-state index contributed by atoms with van der Waals surface area (Å²) >= 11 is 6.74. The average molecular weight is 388 g/mol. The van der Waals surface area contributed by atoms with Gasteiger partial charge in [0.25, 0.3) is 0 Å². The molecule has 1 aromatic heterocycles. The Kier molecular flexibility index (Phi) is 4.79. The van der Waals surface area contributed by atoms with Crippen LogP contribution in [0.25, 0.3) is 0 Å². The normalized spacial score (nSPS) is 10.3. The molecule has 0 unspecified atom stereocenters. The van der Waals surface area contributed by atoms with Crippen LogP contribution >= 0.6 is 31.9 Å². The van der Waals surface area contributed by atoms with Gasteiger partial charge in [0.15, 0.2) is 11.5 Å². The van der Waals surface area contributed by atoms with Crippen LogP contribution < -0.4 is 15.2 Å². The number of ether oxygens (including phenoxy) is 2. The van der Waals surface area contributed by atoms with Gasteiger partial charge in [0.1, 0.15) is 0 Å². The van der Waals surface area contributed by atoms with Gasteiger partial charge in [-0.3, -0.25) is 0 Å². The molecule has 2 aromatic rings. The van der Waals surface area contributed by atoms with E-state index in [-0.39, 0.29) is 0 Å². The van der Waals surface area contributed by atoms with Crippen molar-refractivity contribution in [3.05, 3.63) is 45.0 Å². The Labute approximate surface area is 128 Å². The van der Waals surface area contributed by atoms with Crippen LogP contribution in [0.4, 0.5) is 0 Å². The molecule has 0 radical (unpaired) electrons. The predicted molar refractivity (Wildman–Crippen MR) is 80.6 cm³/mol. The third kappa shape index (κ3) is 3.46. The molecule has 0 saturated heterocycles. The van der Waals surface area contributed by atoms with Gasteiger partial charge in [-0.05, 0) is 55.6 Å². The molecule has 0 spiro atoms. The van der Waals surface area contributed by atoms with Gasteiger partial charge < -0.3 is 15.2 Å². The maximum Gasteiger partial charge on any atom is 0.233 e. The number of hydrogen-bond acceptors (Lipinski definition) is 4. The Hall–Kier alpha value is -1.11. The standard InChI is InChI=1S/C13H12Br2N2O2/c1-18-12-4-8(6-16)2-3-11(12)19-13-10(15)5-9(14)7-17-13/h2-5,7H,6,16H2,1H3. The van der Waals surface area contributed by atoms with Gasteiger partial charge in [-0.25, -0.2) is 4.98 Å². The van der Waals surface area contributed by atoms with Gasteiger partial charge in [-0.2, -0.15) is 0 Å². The van der Waals surface area contributed by atoms with Crippen molar-refractivity contribution in [1.82, 2.24) is 4.98 Å². The number of methoxy groups -OCH3 is 1. The molecule has 0 aliphatic heterocycles. The summed E-state index contributed by atoms with van der Waals surface area (Å²) in [6.45, 7) is 0.455. The van der Waals surface area contributed by atoms with Crippen LogP contribution in [0, 0.1) is 0 Å². The summed E-state index contributed by atoms with van der Waals surface area (Å²) in [6.07, 6.45) is 1.67. The largest absolute Gasteiger partial charge is 0.493 e. The zero-order valence-electron chi connectivity index (χ0n) is 10.2. The van der Waals surface area contributed by atoms with E-state index in [4.69, 9.17) is 15.2 Å². The number of nitrogens with two attached hydrogens (primary N) is 1. The van der Waals surface area contributed by atoms with Gasteiger partial charge in [0, 0.05) is 17.2 Å². The summed E-state index contributed by atoms with van der Waals surface area (Å²) < 4.78 is 12.7. The third-order valence-corrected chi connectivity index (χ3v) is 3.45. The zero-order valence-corrected chi connectivity index (χ0v) is 13.4. The molecule has 1 heterocycles. The zero-order chi connectivity index (χ0) is 13.8. The van der Waals surface area contributed by atoms with Crippen molar-refractivity contribution in [3.8, 4) is 17.4 Å². The molecule has 0 aliphatic rings. The van der Waals surface area contributed by atoms with E-state index in [1.807, 2.05) is 24.3 Å². The Balaban J connectivity index is 2.32. The molecule has 1 aromatic carbocycles. The van der Waals surface area contributed by atoms with Crippen molar-refractivity contribution in [2.24, 2.45) is 5.73 Å². The third-order valence-electron chi connectivity index (χ3n) is 2.44. The van der Waals surface area contributed by atoms with Crippen LogP contribution in [-0.4, -0.2) is 12.1 Å². The summed E-state index contributed by atoms with van der Waals surface area (Å²) in [4.78, 5) is 4.19. The smallest absolute Gasteiger partial charge is 0.233 e. The average Bonchev–Trinajstić information content (AvgIpc) is 2.42. The number of nitrogens with zero attached hydrogens (tertiary/aromatic N) is 1. The number of aromatic nitrogens is 1. The van der Waals surface area contributed by atoms with Crippen LogP contribution in [0.1, 0.15) is 5.56 Å². The second kappa shape index (κ2) is 6.36. The maximum atomic E-state index is 5.74. The molecule has 6 heteroatoms. The van der Waals surface area contributed by atoms with E-state index >= 15 is 0 Å². The van der Waals surface area contributed by atoms with Crippen LogP contribution in [0.3, 0.4) is 0 Å². The van der Waals surface area contributed by atoms with E-state index in [1.165, 1.54) is 0 Å². The molecular formula is C13H12Br2N2O2. The minimum absolute atomic E-state index is 0.455. The highest BCUT2D eigenvalue weighted by atomic mass is 79.9. The predicted octanol–water partition coefficient (Wildman–Crippen LogP) is 3.87. The van der Waals surface area contributed by atoms with Crippen LogP contribution in [0.15, 0.2) is 39.4 Å². The Bertz CT molecular complexity index is 591. The highest BCUT2D eigenvalue weighted by molar-refractivity contribution is 9.11. The van der Waals surface area contributed by atoms with E-state index < -0.39 is 0 Å². The molecule has 19 heavy (non-hydrogen) atoms. The Morgan fingerprint density at radius 1 is 1.21 bits per heavy atom. The number of pyridine rings is 1. The molecule has 100 valence electrons. The number of hydrogen-bond donors (Lipinski definition) is 1. The minimum Gasteiger partial charge on any atom is -0.493 e. The molecule has 0 saturated carbocycles. The topological polar surface area (TPSA) is 57.4 Å². The SMILES string of the molecule is COc1cc(CN)ccc1Oc1ncc(Br)cc1Br. The lowest BCUT2D eigenvalue weighted by atomic mass is 10.2. The molecule has 0 atom stereocenters. The monoisotopic (exact) mass is 386 g/mol. The van der Waals surface area contributed by atoms with Crippen molar-refractivity contribution >= 4 is 31.9 Å². The summed E-state index contributed by atoms with van der Waals surface area (Å²) in [5.74, 6) is 1.69. The maximum absolute atomic E-state index is 5.74. The second-order valence-electron chi connectivity index (χ2n) is 3.73. The first-order chi connectivity index (χ1) is 9.13. The molecular weight excluding hydrogens is 376 g/mol. The summed E-state index contributed by atoms with van der Waals surface area (Å²) in [7, 11) is 1.59. The van der Waals surface area contributed by atoms with E-state index in [9.17, 15) is 0 Å². The lowest BCUT2D eigenvalue weighted by molar-refractivity contribution is 0.372. The van der Waals surface area contributed by atoms with Crippen molar-refractivity contribution in [2.45, 2.75) is 6.54 Å². The van der Waals surface area contributed by atoms with Crippen LogP contribution in [-0.2, 0) is 6.54 Å². The first-order valence-corrected chi connectivity index (χ1v) is 7.08. The van der Waals surface area contributed by atoms with Crippen molar-refractivity contribution in [1.29, 1.82) is 0 Å². The van der Waals surface area contributed by atoms with E-state index in [1.54, 1.807) is 13.3 Å². The molecule has 0 aliphatic carbocycles.